The Kier molecular flexibility index (Phi) is 5.42. The van der Waals surface area contributed by atoms with Gasteiger partial charge in [0.25, 0.3) is 5.91 Å². The number of amides is 1. The van der Waals surface area contributed by atoms with Crippen molar-refractivity contribution in [3.05, 3.63) is 23.0 Å². The lowest BCUT2D eigenvalue weighted by Crippen LogP contribution is -2.44. The van der Waals surface area contributed by atoms with E-state index in [0.717, 1.165) is 6.42 Å². The van der Waals surface area contributed by atoms with Crippen LogP contribution in [0.15, 0.2) is 12.3 Å². The van der Waals surface area contributed by atoms with E-state index >= 15 is 0 Å². The van der Waals surface area contributed by atoms with Gasteiger partial charge in [0.05, 0.1) is 5.02 Å². The highest BCUT2D eigenvalue weighted by molar-refractivity contribution is 6.31. The van der Waals surface area contributed by atoms with E-state index < -0.39 is 17.9 Å². The molecule has 0 radical (unpaired) electrons. The molecule has 1 aromatic heterocycles. The van der Waals surface area contributed by atoms with Gasteiger partial charge >= 0.3 is 5.97 Å². The summed E-state index contributed by atoms with van der Waals surface area (Å²) in [5, 5.41) is 12.1. The Morgan fingerprint density at radius 2 is 2.11 bits per heavy atom. The van der Waals surface area contributed by atoms with Gasteiger partial charge in [-0.3, -0.25) is 4.79 Å². The second-order valence-electron chi connectivity index (χ2n) is 4.77. The molecule has 0 aliphatic heterocycles. The number of carbonyl (C=O) groups excluding carboxylic acids is 1. The number of aliphatic carboxylic acids is 1. The molecular weight excluding hydrogens is 268 g/mol. The van der Waals surface area contributed by atoms with Crippen LogP contribution < -0.4 is 5.32 Å². The Morgan fingerprint density at radius 1 is 1.47 bits per heavy atom. The number of hydrogen-bond donors (Lipinski definition) is 2. The van der Waals surface area contributed by atoms with Crippen molar-refractivity contribution in [1.29, 1.82) is 0 Å². The van der Waals surface area contributed by atoms with Gasteiger partial charge in [-0.05, 0) is 18.4 Å². The monoisotopic (exact) mass is 286 g/mol. The topological polar surface area (TPSA) is 71.3 Å². The fraction of sp³-hybridized carbons (Fsp3) is 0.538. The number of hydrogen-bond acceptors (Lipinski definition) is 2. The zero-order valence-electron chi connectivity index (χ0n) is 11.3. The third-order valence-electron chi connectivity index (χ3n) is 2.78. The molecule has 19 heavy (non-hydrogen) atoms. The molecule has 0 bridgehead atoms. The normalized spacial score (nSPS) is 12.5. The van der Waals surface area contributed by atoms with Crippen LogP contribution in [0, 0.1) is 5.92 Å². The summed E-state index contributed by atoms with van der Waals surface area (Å²) in [7, 11) is 0. The number of nitrogens with one attached hydrogen (secondary N) is 1. The molecule has 0 aliphatic rings. The number of carboxylic acids is 1. The van der Waals surface area contributed by atoms with E-state index in [-0.39, 0.29) is 5.92 Å². The fourth-order valence-electron chi connectivity index (χ4n) is 1.82. The second kappa shape index (κ2) is 6.61. The molecule has 2 N–H and O–H groups in total. The molecule has 1 rings (SSSR count). The summed E-state index contributed by atoms with van der Waals surface area (Å²) in [5.74, 6) is -1.64. The first-order valence-corrected chi connectivity index (χ1v) is 6.64. The van der Waals surface area contributed by atoms with E-state index in [1.807, 2.05) is 6.92 Å². The van der Waals surface area contributed by atoms with Gasteiger partial charge in [0.15, 0.2) is 0 Å². The summed E-state index contributed by atoms with van der Waals surface area (Å²) < 4.78 is 1.73. The Balaban J connectivity index is 2.91. The van der Waals surface area contributed by atoms with Crippen molar-refractivity contribution in [3.63, 3.8) is 0 Å². The highest BCUT2D eigenvalue weighted by atomic mass is 35.5. The first-order chi connectivity index (χ1) is 8.86. The van der Waals surface area contributed by atoms with Crippen molar-refractivity contribution in [1.82, 2.24) is 9.88 Å². The van der Waals surface area contributed by atoms with E-state index in [2.05, 4.69) is 5.32 Å². The summed E-state index contributed by atoms with van der Waals surface area (Å²) >= 11 is 5.89. The van der Waals surface area contributed by atoms with Crippen LogP contribution in [0.1, 0.15) is 37.7 Å². The number of carboxylic acid groups (broad SMARTS) is 1. The molecule has 5 nitrogen and oxygen atoms in total. The summed E-state index contributed by atoms with van der Waals surface area (Å²) in [6.07, 6.45) is 2.53. The van der Waals surface area contributed by atoms with Crippen molar-refractivity contribution >= 4 is 23.5 Å². The number of aryl methyl sites for hydroxylation is 1. The third-order valence-corrected chi connectivity index (χ3v) is 2.99. The van der Waals surface area contributed by atoms with Gasteiger partial charge in [-0.15, -0.1) is 0 Å². The van der Waals surface area contributed by atoms with Gasteiger partial charge < -0.3 is 15.0 Å². The Hall–Kier alpha value is -1.49. The zero-order valence-corrected chi connectivity index (χ0v) is 12.1. The highest BCUT2D eigenvalue weighted by Crippen LogP contribution is 2.15. The van der Waals surface area contributed by atoms with Crippen LogP contribution in [0.2, 0.25) is 5.02 Å². The van der Waals surface area contributed by atoms with Gasteiger partial charge in [-0.1, -0.05) is 32.4 Å². The fourth-order valence-corrected chi connectivity index (χ4v) is 2.04. The minimum atomic E-state index is -1.04. The molecule has 0 aromatic carbocycles. The maximum absolute atomic E-state index is 12.1. The zero-order chi connectivity index (χ0) is 14.6. The minimum Gasteiger partial charge on any atom is -0.480 e. The molecule has 0 saturated carbocycles. The summed E-state index contributed by atoms with van der Waals surface area (Å²) in [5.41, 5.74) is 0.388. The van der Waals surface area contributed by atoms with E-state index in [1.165, 1.54) is 0 Å². The quantitative estimate of drug-likeness (QED) is 0.843. The molecule has 0 fully saturated rings. The molecule has 106 valence electrons. The predicted octanol–water partition coefficient (Wildman–Crippen LogP) is 2.39. The minimum absolute atomic E-state index is 0.188. The number of aromatic nitrogens is 1. The van der Waals surface area contributed by atoms with Gasteiger partial charge in [0, 0.05) is 12.7 Å². The molecule has 0 saturated heterocycles. The Bertz CT molecular complexity index is 468. The van der Waals surface area contributed by atoms with Crippen molar-refractivity contribution in [2.75, 3.05) is 0 Å². The second-order valence-corrected chi connectivity index (χ2v) is 5.21. The Labute approximate surface area is 117 Å². The predicted molar refractivity (Wildman–Crippen MR) is 73.5 cm³/mol. The Morgan fingerprint density at radius 3 is 2.58 bits per heavy atom. The average molecular weight is 287 g/mol. The average Bonchev–Trinajstić information content (AvgIpc) is 2.66. The number of carbonyl (C=O) groups is 2. The van der Waals surface area contributed by atoms with Crippen LogP contribution in [0.3, 0.4) is 0 Å². The van der Waals surface area contributed by atoms with Crippen molar-refractivity contribution < 1.29 is 14.7 Å². The van der Waals surface area contributed by atoms with E-state index in [1.54, 1.807) is 30.7 Å². The molecule has 1 aromatic rings. The first-order valence-electron chi connectivity index (χ1n) is 6.26. The first kappa shape index (κ1) is 15.6. The lowest BCUT2D eigenvalue weighted by molar-refractivity contribution is -0.140. The van der Waals surface area contributed by atoms with Crippen molar-refractivity contribution in [3.8, 4) is 0 Å². The van der Waals surface area contributed by atoms with E-state index in [4.69, 9.17) is 16.7 Å². The SMILES string of the molecule is CCCn1cc(Cl)cc1C(=O)NC(C(=O)O)C(C)C. The van der Waals surface area contributed by atoms with E-state index in [9.17, 15) is 9.59 Å². The molecule has 1 heterocycles. The molecule has 6 heteroatoms. The van der Waals surface area contributed by atoms with Gasteiger partial charge in [0.1, 0.15) is 11.7 Å². The third kappa shape index (κ3) is 3.99. The van der Waals surface area contributed by atoms with Gasteiger partial charge in [0.2, 0.25) is 0 Å². The molecular formula is C13H19ClN2O3. The molecule has 0 spiro atoms. The lowest BCUT2D eigenvalue weighted by atomic mass is 10.0. The van der Waals surface area contributed by atoms with Crippen LogP contribution in [-0.4, -0.2) is 27.6 Å². The van der Waals surface area contributed by atoms with Crippen LogP contribution in [-0.2, 0) is 11.3 Å². The van der Waals surface area contributed by atoms with Crippen molar-refractivity contribution in [2.24, 2.45) is 5.92 Å². The molecule has 1 unspecified atom stereocenters. The summed E-state index contributed by atoms with van der Waals surface area (Å²) in [4.78, 5) is 23.2. The van der Waals surface area contributed by atoms with Crippen molar-refractivity contribution in [2.45, 2.75) is 39.8 Å². The molecule has 1 atom stereocenters. The molecule has 1 amide bonds. The number of rotatable bonds is 6. The number of nitrogens with zero attached hydrogens (tertiary/aromatic N) is 1. The largest absolute Gasteiger partial charge is 0.480 e. The van der Waals surface area contributed by atoms with Crippen LogP contribution in [0.4, 0.5) is 0 Å². The van der Waals surface area contributed by atoms with Gasteiger partial charge in [-0.25, -0.2) is 4.79 Å². The maximum Gasteiger partial charge on any atom is 0.326 e. The summed E-state index contributed by atoms with van der Waals surface area (Å²) in [6, 6.07) is 0.641. The standard InChI is InChI=1S/C13H19ClN2O3/c1-4-5-16-7-9(14)6-10(16)12(17)15-11(8(2)3)13(18)19/h6-8,11H,4-5H2,1-3H3,(H,15,17)(H,18,19). The number of halogens is 1. The van der Waals surface area contributed by atoms with Crippen LogP contribution >= 0.6 is 11.6 Å². The summed E-state index contributed by atoms with van der Waals surface area (Å²) in [6.45, 7) is 6.15. The highest BCUT2D eigenvalue weighted by Gasteiger charge is 2.25. The maximum atomic E-state index is 12.1. The van der Waals surface area contributed by atoms with Crippen LogP contribution in [0.5, 0.6) is 0 Å². The molecule has 0 aliphatic carbocycles. The van der Waals surface area contributed by atoms with Crippen LogP contribution in [0.25, 0.3) is 0 Å². The van der Waals surface area contributed by atoms with E-state index in [0.29, 0.717) is 17.3 Å². The smallest absolute Gasteiger partial charge is 0.326 e. The van der Waals surface area contributed by atoms with Gasteiger partial charge in [-0.2, -0.15) is 0 Å². The lowest BCUT2D eigenvalue weighted by Gasteiger charge is -2.18.